The van der Waals surface area contributed by atoms with Gasteiger partial charge in [0.1, 0.15) is 5.82 Å². The van der Waals surface area contributed by atoms with Crippen molar-refractivity contribution < 1.29 is 13.9 Å². The van der Waals surface area contributed by atoms with Crippen LogP contribution in [0.5, 0.6) is 0 Å². The van der Waals surface area contributed by atoms with Gasteiger partial charge in [0.15, 0.2) is 0 Å². The van der Waals surface area contributed by atoms with Crippen molar-refractivity contribution in [1.29, 1.82) is 0 Å². The third-order valence-corrected chi connectivity index (χ3v) is 4.56. The molecule has 3 rings (SSSR count). The highest BCUT2D eigenvalue weighted by molar-refractivity contribution is 5.95. The van der Waals surface area contributed by atoms with E-state index >= 15 is 0 Å². The average molecular weight is 344 g/mol. The number of carbonyl (C=O) groups excluding carboxylic acids is 1. The third kappa shape index (κ3) is 4.48. The van der Waals surface area contributed by atoms with Crippen LogP contribution in [-0.4, -0.2) is 30.2 Å². The van der Waals surface area contributed by atoms with Crippen LogP contribution < -0.4 is 5.32 Å². The first-order chi connectivity index (χ1) is 12.1. The molecule has 1 aromatic carbocycles. The molecule has 0 radical (unpaired) electrons. The lowest BCUT2D eigenvalue weighted by atomic mass is 10.2. The van der Waals surface area contributed by atoms with Crippen molar-refractivity contribution in [2.75, 3.05) is 19.8 Å². The predicted octanol–water partition coefficient (Wildman–Crippen LogP) is 3.78. The van der Waals surface area contributed by atoms with E-state index < -0.39 is 0 Å². The summed E-state index contributed by atoms with van der Waals surface area (Å²) in [6, 6.07) is 8.16. The van der Waals surface area contributed by atoms with Crippen LogP contribution in [0.3, 0.4) is 0 Å². The number of ether oxygens (including phenoxy) is 1. The summed E-state index contributed by atoms with van der Waals surface area (Å²) < 4.78 is 20.7. The molecule has 1 aliphatic carbocycles. The van der Waals surface area contributed by atoms with Gasteiger partial charge in [-0.15, -0.1) is 0 Å². The number of amides is 1. The van der Waals surface area contributed by atoms with E-state index in [2.05, 4.69) is 5.32 Å². The first-order valence-corrected chi connectivity index (χ1v) is 8.87. The first-order valence-electron chi connectivity index (χ1n) is 8.87. The molecule has 1 aliphatic rings. The Hall–Kier alpha value is -2.14. The molecule has 0 saturated heterocycles. The van der Waals surface area contributed by atoms with Gasteiger partial charge in [-0.2, -0.15) is 0 Å². The van der Waals surface area contributed by atoms with Crippen LogP contribution >= 0.6 is 0 Å². The van der Waals surface area contributed by atoms with Crippen molar-refractivity contribution in [3.05, 3.63) is 53.1 Å². The molecule has 0 bridgehead atoms. The molecular formula is C20H25FN2O2. The number of benzene rings is 1. The van der Waals surface area contributed by atoms with Gasteiger partial charge >= 0.3 is 0 Å². The van der Waals surface area contributed by atoms with E-state index in [9.17, 15) is 9.18 Å². The summed E-state index contributed by atoms with van der Waals surface area (Å²) in [6.07, 6.45) is 3.40. The van der Waals surface area contributed by atoms with E-state index in [1.165, 1.54) is 25.0 Å². The lowest BCUT2D eigenvalue weighted by Crippen LogP contribution is -2.25. The minimum Gasteiger partial charge on any atom is -0.381 e. The molecule has 1 N–H and O–H groups in total. The molecule has 2 aromatic rings. The van der Waals surface area contributed by atoms with Crippen LogP contribution in [-0.2, 0) is 4.74 Å². The molecule has 25 heavy (non-hydrogen) atoms. The van der Waals surface area contributed by atoms with Crippen LogP contribution in [0.4, 0.5) is 4.39 Å². The van der Waals surface area contributed by atoms with Crippen LogP contribution in [0.1, 0.15) is 41.0 Å². The topological polar surface area (TPSA) is 43.3 Å². The number of nitrogens with zero attached hydrogens (tertiary/aromatic N) is 1. The van der Waals surface area contributed by atoms with Crippen molar-refractivity contribution in [3.63, 3.8) is 0 Å². The number of aryl methyl sites for hydroxylation is 1. The second-order valence-electron chi connectivity index (χ2n) is 6.72. The van der Waals surface area contributed by atoms with Gasteiger partial charge in [-0.25, -0.2) is 4.39 Å². The number of hydrogen-bond donors (Lipinski definition) is 1. The zero-order chi connectivity index (χ0) is 17.8. The highest BCUT2D eigenvalue weighted by Crippen LogP contribution is 2.28. The Morgan fingerprint density at radius 2 is 2.00 bits per heavy atom. The summed E-state index contributed by atoms with van der Waals surface area (Å²) in [4.78, 5) is 12.4. The van der Waals surface area contributed by atoms with Crippen molar-refractivity contribution in [2.45, 2.75) is 33.1 Å². The van der Waals surface area contributed by atoms with Crippen LogP contribution in [0.25, 0.3) is 5.69 Å². The summed E-state index contributed by atoms with van der Waals surface area (Å²) in [7, 11) is 0. The van der Waals surface area contributed by atoms with Crippen LogP contribution in [0.2, 0.25) is 0 Å². The van der Waals surface area contributed by atoms with Gasteiger partial charge in [0.2, 0.25) is 0 Å². The van der Waals surface area contributed by atoms with Gasteiger partial charge in [-0.05, 0) is 69.4 Å². The van der Waals surface area contributed by atoms with Gasteiger partial charge < -0.3 is 14.6 Å². The molecule has 134 valence electrons. The second kappa shape index (κ2) is 7.83. The standard InChI is InChI=1S/C20H25FN2O2/c1-14-12-19(15(2)23(14)18-8-6-17(21)7-9-18)20(24)22-10-3-11-25-13-16-4-5-16/h6-9,12,16H,3-5,10-11,13H2,1-2H3,(H,22,24). The van der Waals surface area contributed by atoms with Crippen LogP contribution in [0, 0.1) is 25.6 Å². The van der Waals surface area contributed by atoms with E-state index in [1.807, 2.05) is 24.5 Å². The van der Waals surface area contributed by atoms with Gasteiger partial charge in [-0.3, -0.25) is 4.79 Å². The maximum Gasteiger partial charge on any atom is 0.253 e. The number of rotatable bonds is 8. The molecule has 0 unspecified atom stereocenters. The Balaban J connectivity index is 1.57. The summed E-state index contributed by atoms with van der Waals surface area (Å²) in [5.74, 6) is 0.420. The molecule has 1 amide bonds. The van der Waals surface area contributed by atoms with Crippen molar-refractivity contribution in [1.82, 2.24) is 9.88 Å². The highest BCUT2D eigenvalue weighted by Gasteiger charge is 2.21. The lowest BCUT2D eigenvalue weighted by Gasteiger charge is -2.10. The maximum absolute atomic E-state index is 13.1. The summed E-state index contributed by atoms with van der Waals surface area (Å²) in [5, 5.41) is 2.95. The highest BCUT2D eigenvalue weighted by atomic mass is 19.1. The Morgan fingerprint density at radius 1 is 1.28 bits per heavy atom. The Labute approximate surface area is 148 Å². The third-order valence-electron chi connectivity index (χ3n) is 4.56. The minimum atomic E-state index is -0.270. The lowest BCUT2D eigenvalue weighted by molar-refractivity contribution is 0.0937. The van der Waals surface area contributed by atoms with Crippen molar-refractivity contribution >= 4 is 5.91 Å². The fraction of sp³-hybridized carbons (Fsp3) is 0.450. The molecule has 0 atom stereocenters. The minimum absolute atomic E-state index is 0.0799. The molecular weight excluding hydrogens is 319 g/mol. The normalized spacial score (nSPS) is 13.9. The number of aromatic nitrogens is 1. The zero-order valence-corrected chi connectivity index (χ0v) is 14.8. The number of hydrogen-bond acceptors (Lipinski definition) is 2. The molecule has 0 spiro atoms. The van der Waals surface area contributed by atoms with Gasteiger partial charge in [-0.1, -0.05) is 0 Å². The van der Waals surface area contributed by atoms with Crippen molar-refractivity contribution in [2.24, 2.45) is 5.92 Å². The van der Waals surface area contributed by atoms with E-state index in [-0.39, 0.29) is 11.7 Å². The monoisotopic (exact) mass is 344 g/mol. The summed E-state index contributed by atoms with van der Waals surface area (Å²) in [5.41, 5.74) is 3.30. The van der Waals surface area contributed by atoms with E-state index in [0.717, 1.165) is 36.0 Å². The summed E-state index contributed by atoms with van der Waals surface area (Å²) >= 11 is 0. The summed E-state index contributed by atoms with van der Waals surface area (Å²) in [6.45, 7) is 5.99. The number of halogens is 1. The Morgan fingerprint density at radius 3 is 2.68 bits per heavy atom. The first kappa shape index (κ1) is 17.7. The number of carbonyl (C=O) groups is 1. The molecule has 0 aliphatic heterocycles. The Kier molecular flexibility index (Phi) is 5.53. The number of nitrogens with one attached hydrogen (secondary N) is 1. The molecule has 4 nitrogen and oxygen atoms in total. The fourth-order valence-electron chi connectivity index (χ4n) is 2.99. The van der Waals surface area contributed by atoms with Gasteiger partial charge in [0.25, 0.3) is 5.91 Å². The molecule has 1 heterocycles. The fourth-order valence-corrected chi connectivity index (χ4v) is 2.99. The quantitative estimate of drug-likeness (QED) is 0.741. The van der Waals surface area contributed by atoms with E-state index in [1.54, 1.807) is 12.1 Å². The smallest absolute Gasteiger partial charge is 0.253 e. The van der Waals surface area contributed by atoms with Gasteiger partial charge in [0, 0.05) is 36.8 Å². The SMILES string of the molecule is Cc1cc(C(=O)NCCCOCC2CC2)c(C)n1-c1ccc(F)cc1. The molecule has 1 aromatic heterocycles. The maximum atomic E-state index is 13.1. The van der Waals surface area contributed by atoms with E-state index in [0.29, 0.717) is 18.7 Å². The zero-order valence-electron chi connectivity index (χ0n) is 14.8. The van der Waals surface area contributed by atoms with E-state index in [4.69, 9.17) is 4.74 Å². The van der Waals surface area contributed by atoms with Crippen molar-refractivity contribution in [3.8, 4) is 5.69 Å². The molecule has 1 saturated carbocycles. The molecule has 5 heteroatoms. The largest absolute Gasteiger partial charge is 0.381 e. The van der Waals surface area contributed by atoms with Crippen LogP contribution in [0.15, 0.2) is 30.3 Å². The average Bonchev–Trinajstić information content (AvgIpc) is 3.36. The predicted molar refractivity (Wildman–Crippen MR) is 95.7 cm³/mol. The second-order valence-corrected chi connectivity index (χ2v) is 6.72. The molecule has 1 fully saturated rings. The Bertz CT molecular complexity index is 733. The van der Waals surface area contributed by atoms with Gasteiger partial charge in [0.05, 0.1) is 5.56 Å².